The van der Waals surface area contributed by atoms with Crippen molar-refractivity contribution in [2.24, 2.45) is 5.92 Å². The molecule has 4 heteroatoms. The van der Waals surface area contributed by atoms with Gasteiger partial charge in [-0.25, -0.2) is 15.0 Å². The molecule has 1 aliphatic rings. The van der Waals surface area contributed by atoms with Gasteiger partial charge in [0.2, 0.25) is 0 Å². The highest BCUT2D eigenvalue weighted by Crippen LogP contribution is 2.41. The Bertz CT molecular complexity index is 2890. The summed E-state index contributed by atoms with van der Waals surface area (Å²) in [6, 6.07) is 57.7. The van der Waals surface area contributed by atoms with Gasteiger partial charge in [0, 0.05) is 50.0 Å². The van der Waals surface area contributed by atoms with Crippen molar-refractivity contribution in [3.05, 3.63) is 194 Å². The van der Waals surface area contributed by atoms with Gasteiger partial charge in [-0.3, -0.25) is 0 Å². The van der Waals surface area contributed by atoms with Crippen molar-refractivity contribution in [3.8, 4) is 50.8 Å². The molecule has 0 saturated carbocycles. The van der Waals surface area contributed by atoms with E-state index in [4.69, 9.17) is 15.0 Å². The Morgan fingerprint density at radius 1 is 0.500 bits per heavy atom. The van der Waals surface area contributed by atoms with E-state index in [2.05, 4.69) is 181 Å². The second-order valence-electron chi connectivity index (χ2n) is 14.1. The van der Waals surface area contributed by atoms with Crippen LogP contribution in [0, 0.1) is 5.92 Å². The van der Waals surface area contributed by atoms with E-state index in [9.17, 15) is 0 Å². The molecule has 4 nitrogen and oxygen atoms in total. The van der Waals surface area contributed by atoms with Crippen molar-refractivity contribution >= 4 is 32.7 Å². The lowest BCUT2D eigenvalue weighted by atomic mass is 9.84. The standard InChI is InChI=1S/C50H36N4/c1-33-15-8-9-22-40(33)34-27-29-35(30-28-34)44-32-45(53-50(52-44)37-18-6-3-7-19-37)38-20-14-21-39(31-38)54-46-26-13-11-24-42(46)47-41-23-10-12-25-43(41)51-48(49(47)54)36-16-4-2-5-17-36/h2-33,40H,1H3. The van der Waals surface area contributed by atoms with Gasteiger partial charge in [0.25, 0.3) is 0 Å². The SMILES string of the molecule is CC1C=CC=CC1c1ccc(-c2cc(-c3cccc(-n4c5ccccc5c5c6ccccc6nc(-c6ccccc6)c54)c3)nc(-c3ccccc3)n2)cc1. The molecule has 0 spiro atoms. The van der Waals surface area contributed by atoms with Crippen molar-refractivity contribution in [3.63, 3.8) is 0 Å². The molecule has 9 aromatic rings. The van der Waals surface area contributed by atoms with Crippen LogP contribution in [-0.2, 0) is 0 Å². The Kier molecular flexibility index (Phi) is 7.80. The maximum absolute atomic E-state index is 5.32. The molecule has 10 rings (SSSR count). The van der Waals surface area contributed by atoms with Crippen LogP contribution in [0.4, 0.5) is 0 Å². The predicted molar refractivity (Wildman–Crippen MR) is 224 cm³/mol. The predicted octanol–water partition coefficient (Wildman–Crippen LogP) is 12.6. The second-order valence-corrected chi connectivity index (χ2v) is 14.1. The lowest BCUT2D eigenvalue weighted by molar-refractivity contribution is 0.635. The van der Waals surface area contributed by atoms with E-state index in [-0.39, 0.29) is 0 Å². The number of allylic oxidation sites excluding steroid dienone is 4. The Balaban J connectivity index is 1.17. The van der Waals surface area contributed by atoms with Gasteiger partial charge in [-0.1, -0.05) is 165 Å². The molecule has 6 aromatic carbocycles. The fourth-order valence-electron chi connectivity index (χ4n) is 8.03. The zero-order valence-electron chi connectivity index (χ0n) is 29.8. The Morgan fingerprint density at radius 3 is 1.93 bits per heavy atom. The molecule has 256 valence electrons. The van der Waals surface area contributed by atoms with Crippen LogP contribution in [0.5, 0.6) is 0 Å². The molecule has 3 heterocycles. The third-order valence-electron chi connectivity index (χ3n) is 10.7. The van der Waals surface area contributed by atoms with Gasteiger partial charge in [0.15, 0.2) is 5.82 Å². The molecular weight excluding hydrogens is 657 g/mol. The summed E-state index contributed by atoms with van der Waals surface area (Å²) in [6.45, 7) is 2.27. The molecule has 1 aliphatic carbocycles. The minimum absolute atomic E-state index is 0.365. The first-order valence-corrected chi connectivity index (χ1v) is 18.6. The molecule has 2 atom stereocenters. The van der Waals surface area contributed by atoms with Gasteiger partial charge in [0.05, 0.1) is 33.6 Å². The minimum Gasteiger partial charge on any atom is -0.307 e. The first-order chi connectivity index (χ1) is 26.7. The van der Waals surface area contributed by atoms with Crippen LogP contribution in [0.2, 0.25) is 0 Å². The van der Waals surface area contributed by atoms with Gasteiger partial charge in [-0.05, 0) is 41.8 Å². The van der Waals surface area contributed by atoms with Crippen molar-refractivity contribution in [1.29, 1.82) is 0 Å². The molecule has 0 N–H and O–H groups in total. The van der Waals surface area contributed by atoms with Crippen molar-refractivity contribution in [1.82, 2.24) is 19.5 Å². The van der Waals surface area contributed by atoms with Gasteiger partial charge in [-0.15, -0.1) is 0 Å². The fraction of sp³-hybridized carbons (Fsp3) is 0.0600. The van der Waals surface area contributed by atoms with E-state index >= 15 is 0 Å². The number of pyridine rings is 1. The van der Waals surface area contributed by atoms with E-state index in [0.29, 0.717) is 17.7 Å². The topological polar surface area (TPSA) is 43.6 Å². The monoisotopic (exact) mass is 692 g/mol. The van der Waals surface area contributed by atoms with Crippen molar-refractivity contribution < 1.29 is 0 Å². The number of hydrogen-bond donors (Lipinski definition) is 0. The number of para-hydroxylation sites is 2. The number of nitrogens with zero attached hydrogens (tertiary/aromatic N) is 4. The lowest BCUT2D eigenvalue weighted by Gasteiger charge is -2.21. The second kappa shape index (κ2) is 13.3. The molecule has 54 heavy (non-hydrogen) atoms. The first-order valence-electron chi connectivity index (χ1n) is 18.6. The molecule has 2 unspecified atom stereocenters. The number of hydrogen-bond acceptors (Lipinski definition) is 3. The molecule has 0 amide bonds. The minimum atomic E-state index is 0.365. The van der Waals surface area contributed by atoms with Gasteiger partial charge >= 0.3 is 0 Å². The van der Waals surface area contributed by atoms with Crippen LogP contribution >= 0.6 is 0 Å². The van der Waals surface area contributed by atoms with E-state index in [1.807, 2.05) is 18.2 Å². The summed E-state index contributed by atoms with van der Waals surface area (Å²) in [5.74, 6) is 1.52. The fourth-order valence-corrected chi connectivity index (χ4v) is 8.03. The Hall–Kier alpha value is -6.91. The molecule has 0 aliphatic heterocycles. The van der Waals surface area contributed by atoms with Crippen LogP contribution < -0.4 is 0 Å². The molecule has 3 aromatic heterocycles. The van der Waals surface area contributed by atoms with E-state index < -0.39 is 0 Å². The number of rotatable bonds is 6. The largest absolute Gasteiger partial charge is 0.307 e. The Morgan fingerprint density at radius 2 is 1.15 bits per heavy atom. The van der Waals surface area contributed by atoms with E-state index in [0.717, 1.165) is 67.0 Å². The average Bonchev–Trinajstić information content (AvgIpc) is 3.60. The quantitative estimate of drug-likeness (QED) is 0.174. The van der Waals surface area contributed by atoms with Crippen LogP contribution in [0.25, 0.3) is 83.6 Å². The molecule has 0 radical (unpaired) electrons. The number of aromatic nitrogens is 4. The van der Waals surface area contributed by atoms with Crippen molar-refractivity contribution in [2.75, 3.05) is 0 Å². The molecule has 0 fully saturated rings. The third-order valence-corrected chi connectivity index (χ3v) is 10.7. The first kappa shape index (κ1) is 31.8. The molecule has 0 bridgehead atoms. The highest BCUT2D eigenvalue weighted by Gasteiger charge is 2.21. The highest BCUT2D eigenvalue weighted by atomic mass is 15.0. The van der Waals surface area contributed by atoms with Crippen LogP contribution in [-0.4, -0.2) is 19.5 Å². The van der Waals surface area contributed by atoms with Gasteiger partial charge in [0.1, 0.15) is 0 Å². The van der Waals surface area contributed by atoms with Gasteiger partial charge in [-0.2, -0.15) is 0 Å². The number of fused-ring (bicyclic) bond motifs is 5. The summed E-state index contributed by atoms with van der Waals surface area (Å²) >= 11 is 0. The lowest BCUT2D eigenvalue weighted by Crippen LogP contribution is -2.07. The zero-order valence-corrected chi connectivity index (χ0v) is 29.8. The van der Waals surface area contributed by atoms with E-state index in [1.165, 1.54) is 16.3 Å². The normalized spacial score (nSPS) is 15.4. The summed E-state index contributed by atoms with van der Waals surface area (Å²) in [5.41, 5.74) is 12.4. The third kappa shape index (κ3) is 5.51. The summed E-state index contributed by atoms with van der Waals surface area (Å²) in [4.78, 5) is 15.7. The zero-order chi connectivity index (χ0) is 36.0. The average molecular weight is 693 g/mol. The van der Waals surface area contributed by atoms with Gasteiger partial charge < -0.3 is 4.57 Å². The van der Waals surface area contributed by atoms with E-state index in [1.54, 1.807) is 0 Å². The molecular formula is C50H36N4. The maximum atomic E-state index is 5.32. The molecule has 0 saturated heterocycles. The highest BCUT2D eigenvalue weighted by molar-refractivity contribution is 6.23. The smallest absolute Gasteiger partial charge is 0.160 e. The van der Waals surface area contributed by atoms with Crippen LogP contribution in [0.1, 0.15) is 18.4 Å². The summed E-state index contributed by atoms with van der Waals surface area (Å²) in [7, 11) is 0. The van der Waals surface area contributed by atoms with Crippen molar-refractivity contribution in [2.45, 2.75) is 12.8 Å². The summed E-state index contributed by atoms with van der Waals surface area (Å²) in [6.07, 6.45) is 8.86. The Labute approximate surface area is 314 Å². The van der Waals surface area contributed by atoms with Crippen LogP contribution in [0.15, 0.2) is 188 Å². The summed E-state index contributed by atoms with van der Waals surface area (Å²) in [5, 5.41) is 3.54. The summed E-state index contributed by atoms with van der Waals surface area (Å²) < 4.78 is 2.38. The van der Waals surface area contributed by atoms with Crippen LogP contribution in [0.3, 0.4) is 0 Å². The maximum Gasteiger partial charge on any atom is 0.160 e. The number of benzene rings is 6.